The maximum Gasteiger partial charge on any atom is 0.500 e. The Morgan fingerprint density at radius 1 is 0.462 bits per heavy atom. The van der Waals surface area contributed by atoms with E-state index in [4.69, 9.17) is 13.3 Å². The molecule has 0 aliphatic rings. The third kappa shape index (κ3) is 15.5. The van der Waals surface area contributed by atoms with Crippen LogP contribution in [0.5, 0.6) is 0 Å². The second kappa shape index (κ2) is 20.2. The van der Waals surface area contributed by atoms with E-state index in [9.17, 15) is 0 Å². The van der Waals surface area contributed by atoms with E-state index in [1.165, 1.54) is 96.3 Å². The fraction of sp³-hybridized carbons (Fsp3) is 1.00. The molecule has 0 rings (SSSR count). The zero-order chi connectivity index (χ0) is 19.3. The molecule has 0 heterocycles. The Balaban J connectivity index is 3.20. The van der Waals surface area contributed by atoms with Gasteiger partial charge in [-0.3, -0.25) is 0 Å². The van der Waals surface area contributed by atoms with Crippen molar-refractivity contribution in [1.82, 2.24) is 0 Å². The molecule has 0 bridgehead atoms. The summed E-state index contributed by atoms with van der Waals surface area (Å²) in [5, 5.41) is 0. The monoisotopic (exact) mass is 406 g/mol. The van der Waals surface area contributed by atoms with E-state index in [0.29, 0.717) is 0 Å². The number of hydrogen-bond donors (Lipinski definition) is 1. The van der Waals surface area contributed by atoms with Crippen LogP contribution in [-0.4, -0.2) is 35.9 Å². The maximum atomic E-state index is 5.46. The van der Waals surface area contributed by atoms with Crippen molar-refractivity contribution in [3.63, 3.8) is 0 Å². The highest BCUT2D eigenvalue weighted by Crippen LogP contribution is 2.19. The first-order valence-electron chi connectivity index (χ1n) is 11.0. The quantitative estimate of drug-likeness (QED) is 0.126. The molecule has 0 amide bonds. The first-order chi connectivity index (χ1) is 12.7. The molecule has 0 radical (unpaired) electrons. The molecule has 0 unspecified atom stereocenters. The molecule has 3 nitrogen and oxygen atoms in total. The minimum atomic E-state index is -2.33. The maximum absolute atomic E-state index is 5.46. The van der Waals surface area contributed by atoms with Crippen LogP contribution in [-0.2, 0) is 13.3 Å². The molecule has 0 saturated heterocycles. The number of hydrogen-bond acceptors (Lipinski definition) is 4. The molecule has 0 saturated carbocycles. The predicted molar refractivity (Wildman–Crippen MR) is 119 cm³/mol. The van der Waals surface area contributed by atoms with Crippen molar-refractivity contribution >= 4 is 21.4 Å². The van der Waals surface area contributed by atoms with Crippen LogP contribution < -0.4 is 0 Å². The lowest BCUT2D eigenvalue weighted by atomic mass is 10.0. The van der Waals surface area contributed by atoms with E-state index in [1.54, 1.807) is 21.3 Å². The Hall–Kier alpha value is 0.447. The highest BCUT2D eigenvalue weighted by atomic mass is 32.1. The van der Waals surface area contributed by atoms with Gasteiger partial charge in [0.1, 0.15) is 0 Å². The van der Waals surface area contributed by atoms with Gasteiger partial charge in [0.2, 0.25) is 0 Å². The fourth-order valence-corrected chi connectivity index (χ4v) is 5.50. The van der Waals surface area contributed by atoms with Gasteiger partial charge in [0, 0.05) is 27.4 Å². The van der Waals surface area contributed by atoms with Crippen LogP contribution in [0.4, 0.5) is 0 Å². The standard InChI is InChI=1S/C21H46O3SSi/c1-22-26(23-2,24-3)21-19-17-15-13-11-9-7-5-4-6-8-10-12-14-16-18-20-25/h25H,4-21H2,1-3H3. The molecular weight excluding hydrogens is 360 g/mol. The topological polar surface area (TPSA) is 27.7 Å². The van der Waals surface area contributed by atoms with Gasteiger partial charge in [0.15, 0.2) is 0 Å². The van der Waals surface area contributed by atoms with E-state index in [0.717, 1.165) is 18.2 Å². The van der Waals surface area contributed by atoms with Crippen molar-refractivity contribution in [2.24, 2.45) is 0 Å². The molecule has 0 N–H and O–H groups in total. The zero-order valence-corrected chi connectivity index (χ0v) is 19.8. The molecule has 0 spiro atoms. The average Bonchev–Trinajstić information content (AvgIpc) is 2.68. The molecule has 0 atom stereocenters. The summed E-state index contributed by atoms with van der Waals surface area (Å²) in [4.78, 5) is 0. The Kier molecular flexibility index (Phi) is 20.5. The van der Waals surface area contributed by atoms with Crippen molar-refractivity contribution in [3.8, 4) is 0 Å². The van der Waals surface area contributed by atoms with Crippen LogP contribution in [0.15, 0.2) is 0 Å². The van der Waals surface area contributed by atoms with Crippen molar-refractivity contribution in [2.45, 2.75) is 109 Å². The van der Waals surface area contributed by atoms with Crippen LogP contribution >= 0.6 is 12.6 Å². The first-order valence-corrected chi connectivity index (χ1v) is 13.6. The predicted octanol–water partition coefficient (Wildman–Crippen LogP) is 7.04. The minimum Gasteiger partial charge on any atom is -0.377 e. The first kappa shape index (κ1) is 26.4. The van der Waals surface area contributed by atoms with Gasteiger partial charge in [-0.15, -0.1) is 0 Å². The van der Waals surface area contributed by atoms with Gasteiger partial charge < -0.3 is 13.3 Å². The summed E-state index contributed by atoms with van der Waals surface area (Å²) < 4.78 is 16.4. The number of thiol groups is 1. The molecule has 0 fully saturated rings. The Bertz CT molecular complexity index is 268. The van der Waals surface area contributed by atoms with Crippen molar-refractivity contribution < 1.29 is 13.3 Å². The molecular formula is C21H46O3SSi. The lowest BCUT2D eigenvalue weighted by molar-refractivity contribution is 0.122. The Morgan fingerprint density at radius 3 is 1.00 bits per heavy atom. The lowest BCUT2D eigenvalue weighted by Crippen LogP contribution is -2.42. The Morgan fingerprint density at radius 2 is 0.731 bits per heavy atom. The van der Waals surface area contributed by atoms with Gasteiger partial charge in [-0.1, -0.05) is 89.9 Å². The van der Waals surface area contributed by atoms with E-state index in [2.05, 4.69) is 12.6 Å². The van der Waals surface area contributed by atoms with Gasteiger partial charge in [-0.25, -0.2) is 0 Å². The van der Waals surface area contributed by atoms with Gasteiger partial charge in [-0.05, 0) is 18.6 Å². The summed E-state index contributed by atoms with van der Waals surface area (Å²) in [6, 6.07) is 0.936. The molecule has 0 aromatic rings. The smallest absolute Gasteiger partial charge is 0.377 e. The minimum absolute atomic E-state index is 0.936. The second-order valence-electron chi connectivity index (χ2n) is 7.43. The third-order valence-corrected chi connectivity index (χ3v) is 8.47. The van der Waals surface area contributed by atoms with Crippen molar-refractivity contribution in [3.05, 3.63) is 0 Å². The van der Waals surface area contributed by atoms with Gasteiger partial charge in [-0.2, -0.15) is 12.6 Å². The summed E-state index contributed by atoms with van der Waals surface area (Å²) >= 11 is 4.26. The van der Waals surface area contributed by atoms with Crippen LogP contribution in [0.25, 0.3) is 0 Å². The summed E-state index contributed by atoms with van der Waals surface area (Å²) in [6.07, 6.45) is 22.0. The number of rotatable bonds is 21. The van der Waals surface area contributed by atoms with Gasteiger partial charge in [0.05, 0.1) is 0 Å². The van der Waals surface area contributed by atoms with Gasteiger partial charge >= 0.3 is 8.80 Å². The molecule has 5 heteroatoms. The summed E-state index contributed by atoms with van der Waals surface area (Å²) in [5.41, 5.74) is 0. The van der Waals surface area contributed by atoms with Crippen LogP contribution in [0.3, 0.4) is 0 Å². The van der Waals surface area contributed by atoms with Gasteiger partial charge in [0.25, 0.3) is 0 Å². The van der Waals surface area contributed by atoms with Crippen LogP contribution in [0.2, 0.25) is 6.04 Å². The van der Waals surface area contributed by atoms with Crippen LogP contribution in [0.1, 0.15) is 103 Å². The molecule has 26 heavy (non-hydrogen) atoms. The van der Waals surface area contributed by atoms with Crippen molar-refractivity contribution in [2.75, 3.05) is 27.1 Å². The lowest BCUT2D eigenvalue weighted by Gasteiger charge is -2.24. The molecule has 0 aliphatic heterocycles. The van der Waals surface area contributed by atoms with E-state index < -0.39 is 8.80 Å². The average molecular weight is 407 g/mol. The summed E-state index contributed by atoms with van der Waals surface area (Å²) in [7, 11) is 2.77. The van der Waals surface area contributed by atoms with Crippen LogP contribution in [0, 0.1) is 0 Å². The summed E-state index contributed by atoms with van der Waals surface area (Å²) in [6.45, 7) is 0. The molecule has 0 aromatic heterocycles. The molecule has 158 valence electrons. The normalized spacial score (nSPS) is 12.0. The second-order valence-corrected chi connectivity index (χ2v) is 11.0. The Labute approximate surface area is 170 Å². The highest BCUT2D eigenvalue weighted by molar-refractivity contribution is 7.80. The highest BCUT2D eigenvalue weighted by Gasteiger charge is 2.36. The largest absolute Gasteiger partial charge is 0.500 e. The number of unbranched alkanes of at least 4 members (excludes halogenated alkanes) is 15. The van der Waals surface area contributed by atoms with Crippen molar-refractivity contribution in [1.29, 1.82) is 0 Å². The van der Waals surface area contributed by atoms with E-state index >= 15 is 0 Å². The summed E-state index contributed by atoms with van der Waals surface area (Å²) in [5.74, 6) is 1.05. The zero-order valence-electron chi connectivity index (χ0n) is 17.9. The third-order valence-electron chi connectivity index (χ3n) is 5.32. The fourth-order valence-electron chi connectivity index (χ4n) is 3.48. The van der Waals surface area contributed by atoms with E-state index in [1.807, 2.05) is 0 Å². The molecule has 0 aliphatic carbocycles. The SMILES string of the molecule is CO[Si](CCCCCCCCCCCCCCCCCCS)(OC)OC. The molecule has 0 aromatic carbocycles. The van der Waals surface area contributed by atoms with E-state index in [-0.39, 0.29) is 0 Å².